The molecule has 1 rings (SSSR count). The van der Waals surface area contributed by atoms with Crippen molar-refractivity contribution in [1.82, 2.24) is 0 Å². The molecule has 0 bridgehead atoms. The Morgan fingerprint density at radius 2 is 2.00 bits per heavy atom. The molecule has 2 N–H and O–H groups in total. The van der Waals surface area contributed by atoms with E-state index in [0.717, 1.165) is 5.56 Å². The van der Waals surface area contributed by atoms with Gasteiger partial charge in [-0.1, -0.05) is 18.2 Å². The average molecular weight is 211 g/mol. The molecule has 1 aromatic rings. The van der Waals surface area contributed by atoms with Crippen molar-refractivity contribution in [3.8, 4) is 5.75 Å². The minimum atomic E-state index is -1.42. The zero-order valence-corrected chi connectivity index (χ0v) is 9.67. The Kier molecular flexibility index (Phi) is 3.35. The number of methoxy groups -OCH3 is 1. The summed E-state index contributed by atoms with van der Waals surface area (Å²) in [7, 11) is 1.54. The molecule has 3 heteroatoms. The maximum absolute atomic E-state index is 13.9. The minimum Gasteiger partial charge on any atom is -0.496 e. The van der Waals surface area contributed by atoms with Crippen LogP contribution in [0.5, 0.6) is 5.75 Å². The summed E-state index contributed by atoms with van der Waals surface area (Å²) in [5.41, 5.74) is 5.75. The second-order valence-electron chi connectivity index (χ2n) is 4.19. The van der Waals surface area contributed by atoms with Crippen LogP contribution >= 0.6 is 0 Å². The van der Waals surface area contributed by atoms with Gasteiger partial charge in [0.05, 0.1) is 7.11 Å². The summed E-state index contributed by atoms with van der Waals surface area (Å²) < 4.78 is 19.1. The summed E-state index contributed by atoms with van der Waals surface area (Å²) in [6, 6.07) is 5.23. The van der Waals surface area contributed by atoms with Crippen molar-refractivity contribution in [1.29, 1.82) is 0 Å². The number of halogens is 1. The van der Waals surface area contributed by atoms with Crippen LogP contribution < -0.4 is 10.5 Å². The largest absolute Gasteiger partial charge is 0.496 e. The molecule has 0 fully saturated rings. The van der Waals surface area contributed by atoms with Crippen LogP contribution in [0.1, 0.15) is 37.9 Å². The third kappa shape index (κ3) is 2.48. The number of nitrogens with two attached hydrogens (primary N) is 1. The summed E-state index contributed by atoms with van der Waals surface area (Å²) in [6.45, 7) is 4.87. The molecule has 15 heavy (non-hydrogen) atoms. The lowest BCUT2D eigenvalue weighted by atomic mass is 9.94. The van der Waals surface area contributed by atoms with Crippen LogP contribution in [-0.2, 0) is 5.67 Å². The minimum absolute atomic E-state index is 0.165. The third-order valence-corrected chi connectivity index (χ3v) is 2.38. The molecule has 1 aromatic carbocycles. The zero-order chi connectivity index (χ0) is 11.6. The Bertz CT molecular complexity index is 342. The molecule has 0 aromatic heterocycles. The first-order chi connectivity index (χ1) is 6.88. The molecule has 1 unspecified atom stereocenters. The van der Waals surface area contributed by atoms with Gasteiger partial charge < -0.3 is 10.5 Å². The molecule has 0 amide bonds. The summed E-state index contributed by atoms with van der Waals surface area (Å²) in [6.07, 6.45) is 0. The highest BCUT2D eigenvalue weighted by Crippen LogP contribution is 2.36. The van der Waals surface area contributed by atoms with Crippen LogP contribution in [0.2, 0.25) is 0 Å². The summed E-state index contributed by atoms with van der Waals surface area (Å²) in [5, 5.41) is 0. The normalized spacial score (nSPS) is 13.7. The molecule has 0 aliphatic rings. The second kappa shape index (κ2) is 4.19. The van der Waals surface area contributed by atoms with E-state index >= 15 is 0 Å². The number of benzene rings is 1. The van der Waals surface area contributed by atoms with E-state index in [4.69, 9.17) is 10.5 Å². The van der Waals surface area contributed by atoms with Gasteiger partial charge >= 0.3 is 0 Å². The van der Waals surface area contributed by atoms with Gasteiger partial charge in [-0.25, -0.2) is 4.39 Å². The van der Waals surface area contributed by atoms with E-state index in [1.165, 1.54) is 21.0 Å². The lowest BCUT2D eigenvalue weighted by Crippen LogP contribution is -2.14. The number of ether oxygens (including phenoxy) is 1. The van der Waals surface area contributed by atoms with Crippen molar-refractivity contribution in [3.05, 3.63) is 29.3 Å². The maximum Gasteiger partial charge on any atom is 0.134 e. The van der Waals surface area contributed by atoms with Crippen LogP contribution in [0.15, 0.2) is 18.2 Å². The lowest BCUT2D eigenvalue weighted by Gasteiger charge is -2.21. The van der Waals surface area contributed by atoms with E-state index < -0.39 is 5.67 Å². The molecule has 1 atom stereocenters. The van der Waals surface area contributed by atoms with Crippen molar-refractivity contribution in [3.63, 3.8) is 0 Å². The Labute approximate surface area is 90.2 Å². The van der Waals surface area contributed by atoms with Gasteiger partial charge in [-0.2, -0.15) is 0 Å². The fourth-order valence-electron chi connectivity index (χ4n) is 1.61. The lowest BCUT2D eigenvalue weighted by molar-refractivity contribution is 0.213. The van der Waals surface area contributed by atoms with E-state index in [-0.39, 0.29) is 6.04 Å². The van der Waals surface area contributed by atoms with E-state index in [1.54, 1.807) is 12.1 Å². The Morgan fingerprint density at radius 1 is 1.40 bits per heavy atom. The molecular formula is C12H18FNO. The van der Waals surface area contributed by atoms with E-state index in [9.17, 15) is 4.39 Å². The number of hydrogen-bond acceptors (Lipinski definition) is 2. The predicted octanol–water partition coefficient (Wildman–Crippen LogP) is 2.92. The van der Waals surface area contributed by atoms with Crippen LogP contribution in [-0.4, -0.2) is 7.11 Å². The van der Waals surface area contributed by atoms with Gasteiger partial charge in [-0.15, -0.1) is 0 Å². The Morgan fingerprint density at radius 3 is 2.40 bits per heavy atom. The molecule has 2 nitrogen and oxygen atoms in total. The van der Waals surface area contributed by atoms with E-state index in [0.29, 0.717) is 11.3 Å². The summed E-state index contributed by atoms with van der Waals surface area (Å²) >= 11 is 0. The van der Waals surface area contributed by atoms with Gasteiger partial charge in [0.25, 0.3) is 0 Å². The van der Waals surface area contributed by atoms with Crippen LogP contribution in [0, 0.1) is 0 Å². The molecule has 0 aliphatic heterocycles. The molecule has 84 valence electrons. The van der Waals surface area contributed by atoms with Gasteiger partial charge in [0.15, 0.2) is 0 Å². The molecule has 0 aliphatic carbocycles. The Balaban J connectivity index is 3.35. The number of alkyl halides is 1. The zero-order valence-electron chi connectivity index (χ0n) is 9.67. The van der Waals surface area contributed by atoms with Crippen LogP contribution in [0.3, 0.4) is 0 Å². The fraction of sp³-hybridized carbons (Fsp3) is 0.500. The van der Waals surface area contributed by atoms with Crippen molar-refractivity contribution in [2.75, 3.05) is 7.11 Å². The van der Waals surface area contributed by atoms with Gasteiger partial charge in [-0.05, 0) is 20.8 Å². The predicted molar refractivity (Wildman–Crippen MR) is 59.7 cm³/mol. The molecule has 0 saturated heterocycles. The van der Waals surface area contributed by atoms with E-state index in [2.05, 4.69) is 0 Å². The van der Waals surface area contributed by atoms with Crippen molar-refractivity contribution in [2.45, 2.75) is 32.5 Å². The standard InChI is InChI=1S/C12H18FNO/c1-8(14)9-6-5-7-10(11(9)15-4)12(2,3)13/h5-8H,14H2,1-4H3. The third-order valence-electron chi connectivity index (χ3n) is 2.38. The molecule has 0 heterocycles. The van der Waals surface area contributed by atoms with Gasteiger partial charge in [0, 0.05) is 17.2 Å². The summed E-state index contributed by atoms with van der Waals surface area (Å²) in [4.78, 5) is 0. The van der Waals surface area contributed by atoms with Gasteiger partial charge in [0.1, 0.15) is 11.4 Å². The first-order valence-corrected chi connectivity index (χ1v) is 4.99. The quantitative estimate of drug-likeness (QED) is 0.834. The molecule has 0 spiro atoms. The first kappa shape index (κ1) is 12.0. The first-order valence-electron chi connectivity index (χ1n) is 4.99. The molecular weight excluding hydrogens is 193 g/mol. The Hall–Kier alpha value is -1.09. The topological polar surface area (TPSA) is 35.2 Å². The fourth-order valence-corrected chi connectivity index (χ4v) is 1.61. The number of para-hydroxylation sites is 1. The molecule has 0 radical (unpaired) electrons. The smallest absolute Gasteiger partial charge is 0.134 e. The van der Waals surface area contributed by atoms with Crippen LogP contribution in [0.4, 0.5) is 4.39 Å². The monoisotopic (exact) mass is 211 g/mol. The maximum atomic E-state index is 13.9. The summed E-state index contributed by atoms with van der Waals surface area (Å²) in [5.74, 6) is 0.556. The highest BCUT2D eigenvalue weighted by atomic mass is 19.1. The van der Waals surface area contributed by atoms with Crippen molar-refractivity contribution < 1.29 is 9.13 Å². The SMILES string of the molecule is COc1c(C(C)N)cccc1C(C)(C)F. The van der Waals surface area contributed by atoms with Gasteiger partial charge in [0.2, 0.25) is 0 Å². The highest BCUT2D eigenvalue weighted by Gasteiger charge is 2.25. The molecule has 0 saturated carbocycles. The second-order valence-corrected chi connectivity index (χ2v) is 4.19. The van der Waals surface area contributed by atoms with Crippen molar-refractivity contribution in [2.24, 2.45) is 5.73 Å². The van der Waals surface area contributed by atoms with E-state index in [1.807, 2.05) is 13.0 Å². The highest BCUT2D eigenvalue weighted by molar-refractivity contribution is 5.45. The number of hydrogen-bond donors (Lipinski definition) is 1. The van der Waals surface area contributed by atoms with Gasteiger partial charge in [-0.3, -0.25) is 0 Å². The average Bonchev–Trinajstić information content (AvgIpc) is 2.15. The van der Waals surface area contributed by atoms with Crippen LogP contribution in [0.25, 0.3) is 0 Å². The number of rotatable bonds is 3. The van der Waals surface area contributed by atoms with Crippen molar-refractivity contribution >= 4 is 0 Å².